The van der Waals surface area contributed by atoms with E-state index in [0.29, 0.717) is 17.4 Å². The van der Waals surface area contributed by atoms with Crippen LogP contribution in [0.3, 0.4) is 0 Å². The van der Waals surface area contributed by atoms with Crippen molar-refractivity contribution in [3.63, 3.8) is 0 Å². The van der Waals surface area contributed by atoms with E-state index in [1.165, 1.54) is 0 Å². The molecule has 18 heavy (non-hydrogen) atoms. The average Bonchev–Trinajstić information content (AvgIpc) is 2.35. The number of nitrogens with zero attached hydrogens (tertiary/aromatic N) is 2. The van der Waals surface area contributed by atoms with Crippen molar-refractivity contribution in [1.29, 1.82) is 5.26 Å². The lowest BCUT2D eigenvalue weighted by atomic mass is 10.1. The monoisotopic (exact) mass is 247 g/mol. The quantitative estimate of drug-likeness (QED) is 0.829. The highest BCUT2D eigenvalue weighted by Crippen LogP contribution is 2.18. The molecule has 4 nitrogen and oxygen atoms in total. The molecule has 0 aliphatic rings. The van der Waals surface area contributed by atoms with Gasteiger partial charge < -0.3 is 15.0 Å². The second-order valence-electron chi connectivity index (χ2n) is 4.69. The van der Waals surface area contributed by atoms with Crippen molar-refractivity contribution >= 4 is 0 Å². The van der Waals surface area contributed by atoms with Gasteiger partial charge >= 0.3 is 0 Å². The standard InChI is InChI=1S/C14H21N3O/c1-11(10-17(2)3)16-9-12-5-6-14(18-4)13(7-12)8-15/h5-7,11,16H,9-10H2,1-4H3. The maximum Gasteiger partial charge on any atom is 0.136 e. The molecule has 4 heteroatoms. The molecular formula is C14H21N3O. The van der Waals surface area contributed by atoms with Crippen LogP contribution < -0.4 is 10.1 Å². The Hall–Kier alpha value is -1.57. The molecule has 1 aromatic rings. The first-order chi connectivity index (χ1) is 8.56. The maximum atomic E-state index is 9.01. The van der Waals surface area contributed by atoms with E-state index in [0.717, 1.165) is 18.7 Å². The zero-order chi connectivity index (χ0) is 13.5. The van der Waals surface area contributed by atoms with Crippen molar-refractivity contribution in [1.82, 2.24) is 10.2 Å². The maximum absolute atomic E-state index is 9.01. The van der Waals surface area contributed by atoms with Crippen molar-refractivity contribution in [3.8, 4) is 11.8 Å². The summed E-state index contributed by atoms with van der Waals surface area (Å²) in [5.74, 6) is 0.627. The molecule has 1 aromatic carbocycles. The molecule has 98 valence electrons. The van der Waals surface area contributed by atoms with Crippen molar-refractivity contribution in [3.05, 3.63) is 29.3 Å². The molecule has 1 rings (SSSR count). The van der Waals surface area contributed by atoms with Gasteiger partial charge in [-0.25, -0.2) is 0 Å². The molecule has 0 amide bonds. The number of likely N-dealkylation sites (N-methyl/N-ethyl adjacent to an activating group) is 1. The number of rotatable bonds is 6. The van der Waals surface area contributed by atoms with Crippen LogP contribution in [0.25, 0.3) is 0 Å². The predicted octanol–water partition coefficient (Wildman–Crippen LogP) is 1.61. The van der Waals surface area contributed by atoms with E-state index in [4.69, 9.17) is 10.00 Å². The minimum Gasteiger partial charge on any atom is -0.495 e. The fourth-order valence-corrected chi connectivity index (χ4v) is 1.86. The summed E-state index contributed by atoms with van der Waals surface area (Å²) in [6.45, 7) is 3.89. The largest absolute Gasteiger partial charge is 0.495 e. The van der Waals surface area contributed by atoms with Gasteiger partial charge in [0, 0.05) is 19.1 Å². The van der Waals surface area contributed by atoms with Crippen LogP contribution in [0.5, 0.6) is 5.75 Å². The molecule has 0 radical (unpaired) electrons. The first-order valence-electron chi connectivity index (χ1n) is 6.02. The molecule has 1 unspecified atom stereocenters. The van der Waals surface area contributed by atoms with Gasteiger partial charge in [-0.2, -0.15) is 5.26 Å². The Morgan fingerprint density at radius 2 is 2.17 bits per heavy atom. The van der Waals surface area contributed by atoms with Gasteiger partial charge in [0.1, 0.15) is 11.8 Å². The molecule has 0 aliphatic carbocycles. The fraction of sp³-hybridized carbons (Fsp3) is 0.500. The second-order valence-corrected chi connectivity index (χ2v) is 4.69. The van der Waals surface area contributed by atoms with E-state index in [2.05, 4.69) is 37.3 Å². The third-order valence-electron chi connectivity index (χ3n) is 2.68. The first kappa shape index (κ1) is 14.5. The molecule has 1 N–H and O–H groups in total. The van der Waals surface area contributed by atoms with Gasteiger partial charge in [-0.1, -0.05) is 6.07 Å². The van der Waals surface area contributed by atoms with Crippen LogP contribution in [0.4, 0.5) is 0 Å². The van der Waals surface area contributed by atoms with E-state index in [9.17, 15) is 0 Å². The molecular weight excluding hydrogens is 226 g/mol. The van der Waals surface area contributed by atoms with Crippen LogP contribution in [0.2, 0.25) is 0 Å². The van der Waals surface area contributed by atoms with Crippen LogP contribution in [-0.2, 0) is 6.54 Å². The van der Waals surface area contributed by atoms with Crippen molar-refractivity contribution in [2.45, 2.75) is 19.5 Å². The lowest BCUT2D eigenvalue weighted by molar-refractivity contribution is 0.349. The van der Waals surface area contributed by atoms with E-state index < -0.39 is 0 Å². The van der Waals surface area contributed by atoms with Gasteiger partial charge in [0.2, 0.25) is 0 Å². The number of nitrogens with one attached hydrogen (secondary N) is 1. The molecule has 0 saturated heterocycles. The van der Waals surface area contributed by atoms with E-state index in [1.807, 2.05) is 18.2 Å². The summed E-state index contributed by atoms with van der Waals surface area (Å²) in [5.41, 5.74) is 1.68. The predicted molar refractivity (Wildman–Crippen MR) is 72.6 cm³/mol. The summed E-state index contributed by atoms with van der Waals surface area (Å²) in [6.07, 6.45) is 0. The summed E-state index contributed by atoms with van der Waals surface area (Å²) in [7, 11) is 5.69. The highest BCUT2D eigenvalue weighted by molar-refractivity contribution is 5.45. The number of hydrogen-bond acceptors (Lipinski definition) is 4. The summed E-state index contributed by atoms with van der Waals surface area (Å²) in [6, 6.07) is 8.25. The minimum atomic E-state index is 0.410. The van der Waals surface area contributed by atoms with Gasteiger partial charge in [0.05, 0.1) is 12.7 Å². The van der Waals surface area contributed by atoms with Gasteiger partial charge in [-0.15, -0.1) is 0 Å². The van der Waals surface area contributed by atoms with Gasteiger partial charge in [-0.3, -0.25) is 0 Å². The average molecular weight is 247 g/mol. The fourth-order valence-electron chi connectivity index (χ4n) is 1.86. The highest BCUT2D eigenvalue weighted by atomic mass is 16.5. The van der Waals surface area contributed by atoms with E-state index in [-0.39, 0.29) is 0 Å². The number of hydrogen-bond donors (Lipinski definition) is 1. The lowest BCUT2D eigenvalue weighted by Gasteiger charge is -2.18. The summed E-state index contributed by atoms with van der Waals surface area (Å²) < 4.78 is 5.12. The molecule has 1 atom stereocenters. The third kappa shape index (κ3) is 4.36. The Morgan fingerprint density at radius 1 is 1.44 bits per heavy atom. The Kier molecular flexibility index (Phi) is 5.63. The first-order valence-corrected chi connectivity index (χ1v) is 6.02. The summed E-state index contributed by atoms with van der Waals surface area (Å²) >= 11 is 0. The normalized spacial score (nSPS) is 12.2. The van der Waals surface area contributed by atoms with Crippen molar-refractivity contribution in [2.24, 2.45) is 0 Å². The van der Waals surface area contributed by atoms with E-state index in [1.54, 1.807) is 7.11 Å². The molecule has 0 aromatic heterocycles. The SMILES string of the molecule is COc1ccc(CNC(C)CN(C)C)cc1C#N. The Labute approximate surface area is 109 Å². The van der Waals surface area contributed by atoms with Crippen LogP contribution in [-0.4, -0.2) is 38.7 Å². The topological polar surface area (TPSA) is 48.3 Å². The molecule has 0 fully saturated rings. The van der Waals surface area contributed by atoms with Gasteiger partial charge in [0.25, 0.3) is 0 Å². The van der Waals surface area contributed by atoms with Gasteiger partial charge in [-0.05, 0) is 38.7 Å². The van der Waals surface area contributed by atoms with Crippen LogP contribution in [0.1, 0.15) is 18.1 Å². The minimum absolute atomic E-state index is 0.410. The highest BCUT2D eigenvalue weighted by Gasteiger charge is 2.06. The second kappa shape index (κ2) is 7.00. The Bertz CT molecular complexity index is 424. The molecule has 0 spiro atoms. The summed E-state index contributed by atoms with van der Waals surface area (Å²) in [4.78, 5) is 2.15. The van der Waals surface area contributed by atoms with E-state index >= 15 is 0 Å². The van der Waals surface area contributed by atoms with Crippen LogP contribution in [0, 0.1) is 11.3 Å². The number of ether oxygens (including phenoxy) is 1. The molecule has 0 aliphatic heterocycles. The lowest BCUT2D eigenvalue weighted by Crippen LogP contribution is -2.35. The summed E-state index contributed by atoms with van der Waals surface area (Å²) in [5, 5.41) is 12.4. The number of benzene rings is 1. The Morgan fingerprint density at radius 3 is 2.72 bits per heavy atom. The van der Waals surface area contributed by atoms with Crippen LogP contribution >= 0.6 is 0 Å². The Balaban J connectivity index is 2.61. The van der Waals surface area contributed by atoms with Crippen LogP contribution in [0.15, 0.2) is 18.2 Å². The number of methoxy groups -OCH3 is 1. The molecule has 0 saturated carbocycles. The zero-order valence-electron chi connectivity index (χ0n) is 11.5. The van der Waals surface area contributed by atoms with Crippen molar-refractivity contribution in [2.75, 3.05) is 27.7 Å². The zero-order valence-corrected chi connectivity index (χ0v) is 11.5. The molecule has 0 bridgehead atoms. The molecule has 0 heterocycles. The van der Waals surface area contributed by atoms with Gasteiger partial charge in [0.15, 0.2) is 0 Å². The van der Waals surface area contributed by atoms with Crippen molar-refractivity contribution < 1.29 is 4.74 Å². The smallest absolute Gasteiger partial charge is 0.136 e. The third-order valence-corrected chi connectivity index (χ3v) is 2.68. The number of nitriles is 1.